The maximum atomic E-state index is 12.8. The van der Waals surface area contributed by atoms with Crippen LogP contribution in [0.25, 0.3) is 0 Å². The molecule has 6 heteroatoms. The molecule has 3 aliphatic rings. The van der Waals surface area contributed by atoms with Crippen LogP contribution in [-0.2, 0) is 14.3 Å². The number of carbonyl (C=O) groups excluding carboxylic acids is 2. The molecule has 0 saturated carbocycles. The summed E-state index contributed by atoms with van der Waals surface area (Å²) in [5.41, 5.74) is -0.0458. The molecule has 3 fully saturated rings. The molecular formula is C18H24N2O3S. The van der Waals surface area contributed by atoms with E-state index in [1.807, 2.05) is 15.9 Å². The van der Waals surface area contributed by atoms with Gasteiger partial charge in [-0.05, 0) is 38.3 Å². The summed E-state index contributed by atoms with van der Waals surface area (Å²) >= 11 is 1.67. The normalized spacial score (nSPS) is 28.3. The molecule has 4 heterocycles. The summed E-state index contributed by atoms with van der Waals surface area (Å²) in [6, 6.07) is 4.10. The Morgan fingerprint density at radius 2 is 2.08 bits per heavy atom. The van der Waals surface area contributed by atoms with E-state index in [9.17, 15) is 9.59 Å². The van der Waals surface area contributed by atoms with Crippen molar-refractivity contribution in [2.24, 2.45) is 11.3 Å². The third-order valence-corrected chi connectivity index (χ3v) is 6.66. The Hall–Kier alpha value is -1.40. The van der Waals surface area contributed by atoms with Crippen molar-refractivity contribution in [1.82, 2.24) is 4.90 Å². The van der Waals surface area contributed by atoms with Crippen molar-refractivity contribution in [2.45, 2.75) is 32.6 Å². The Bertz CT molecular complexity index is 652. The molecule has 1 atom stereocenters. The molecule has 5 nitrogen and oxygen atoms in total. The monoisotopic (exact) mass is 348 g/mol. The van der Waals surface area contributed by atoms with Gasteiger partial charge >= 0.3 is 0 Å². The Balaban J connectivity index is 1.44. The van der Waals surface area contributed by atoms with Crippen LogP contribution in [0.2, 0.25) is 0 Å². The summed E-state index contributed by atoms with van der Waals surface area (Å²) in [5, 5.41) is 1.04. The second kappa shape index (κ2) is 6.15. The van der Waals surface area contributed by atoms with Crippen molar-refractivity contribution in [1.29, 1.82) is 0 Å². The van der Waals surface area contributed by atoms with Gasteiger partial charge in [-0.15, -0.1) is 11.3 Å². The molecule has 0 aromatic carbocycles. The first kappa shape index (κ1) is 16.1. The van der Waals surface area contributed by atoms with E-state index in [1.54, 1.807) is 11.3 Å². The van der Waals surface area contributed by atoms with E-state index >= 15 is 0 Å². The summed E-state index contributed by atoms with van der Waals surface area (Å²) in [6.07, 6.45) is 3.18. The van der Waals surface area contributed by atoms with Gasteiger partial charge in [-0.1, -0.05) is 0 Å². The zero-order valence-corrected chi connectivity index (χ0v) is 14.9. The van der Waals surface area contributed by atoms with Gasteiger partial charge in [0, 0.05) is 55.5 Å². The van der Waals surface area contributed by atoms with Gasteiger partial charge in [0.2, 0.25) is 11.8 Å². The highest BCUT2D eigenvalue weighted by Gasteiger charge is 2.49. The molecule has 3 saturated heterocycles. The number of amides is 2. The van der Waals surface area contributed by atoms with Crippen LogP contribution in [0.5, 0.6) is 0 Å². The number of anilines is 1. The molecule has 3 aliphatic heterocycles. The van der Waals surface area contributed by atoms with Gasteiger partial charge in [-0.25, -0.2) is 0 Å². The maximum Gasteiger partial charge on any atom is 0.228 e. The van der Waals surface area contributed by atoms with Gasteiger partial charge < -0.3 is 14.5 Å². The molecule has 1 aromatic heterocycles. The average Bonchev–Trinajstić information content (AvgIpc) is 3.27. The summed E-state index contributed by atoms with van der Waals surface area (Å²) in [7, 11) is 0. The highest BCUT2D eigenvalue weighted by atomic mass is 32.1. The molecule has 24 heavy (non-hydrogen) atoms. The van der Waals surface area contributed by atoms with Crippen LogP contribution in [0.3, 0.4) is 0 Å². The minimum atomic E-state index is -0.0458. The van der Waals surface area contributed by atoms with Crippen LogP contribution in [0.1, 0.15) is 30.6 Å². The lowest BCUT2D eigenvalue weighted by Crippen LogP contribution is -2.39. The number of nitrogens with zero attached hydrogens (tertiary/aromatic N) is 2. The van der Waals surface area contributed by atoms with E-state index in [1.165, 1.54) is 4.88 Å². The first-order chi connectivity index (χ1) is 11.6. The quantitative estimate of drug-likeness (QED) is 0.825. The summed E-state index contributed by atoms with van der Waals surface area (Å²) < 4.78 is 5.36. The number of carbonyl (C=O) groups is 2. The van der Waals surface area contributed by atoms with Gasteiger partial charge in [0.05, 0.1) is 5.00 Å². The number of likely N-dealkylation sites (tertiary alicyclic amines) is 1. The summed E-state index contributed by atoms with van der Waals surface area (Å²) in [5.74, 6) is 0.590. The van der Waals surface area contributed by atoms with Crippen molar-refractivity contribution >= 4 is 28.2 Å². The minimum Gasteiger partial charge on any atom is -0.381 e. The van der Waals surface area contributed by atoms with E-state index in [2.05, 4.69) is 13.0 Å². The smallest absolute Gasteiger partial charge is 0.228 e. The Morgan fingerprint density at radius 1 is 1.29 bits per heavy atom. The molecule has 1 aromatic rings. The predicted octanol–water partition coefficient (Wildman–Crippen LogP) is 2.44. The second-order valence-corrected chi connectivity index (χ2v) is 8.70. The van der Waals surface area contributed by atoms with E-state index in [-0.39, 0.29) is 23.1 Å². The van der Waals surface area contributed by atoms with Gasteiger partial charge in [0.15, 0.2) is 0 Å². The van der Waals surface area contributed by atoms with Crippen LogP contribution < -0.4 is 4.90 Å². The lowest BCUT2D eigenvalue weighted by Gasteiger charge is -2.28. The lowest BCUT2D eigenvalue weighted by atomic mass is 9.86. The number of ether oxygens (including phenoxy) is 1. The lowest BCUT2D eigenvalue weighted by molar-refractivity contribution is -0.138. The molecule has 2 amide bonds. The van der Waals surface area contributed by atoms with Gasteiger partial charge in [-0.2, -0.15) is 0 Å². The molecule has 4 rings (SSSR count). The molecule has 0 aliphatic carbocycles. The summed E-state index contributed by atoms with van der Waals surface area (Å²) in [6.45, 7) is 5.73. The maximum absolute atomic E-state index is 12.8. The van der Waals surface area contributed by atoms with E-state index in [4.69, 9.17) is 4.74 Å². The van der Waals surface area contributed by atoms with Crippen LogP contribution >= 0.6 is 11.3 Å². The second-order valence-electron chi connectivity index (χ2n) is 7.44. The summed E-state index contributed by atoms with van der Waals surface area (Å²) in [4.78, 5) is 30.4. The fourth-order valence-corrected chi connectivity index (χ4v) is 5.14. The molecule has 0 N–H and O–H groups in total. The Kier molecular flexibility index (Phi) is 4.12. The van der Waals surface area contributed by atoms with Gasteiger partial charge in [-0.3, -0.25) is 9.59 Å². The first-order valence-electron chi connectivity index (χ1n) is 8.80. The van der Waals surface area contributed by atoms with E-state index in [0.29, 0.717) is 19.6 Å². The third-order valence-electron chi connectivity index (χ3n) is 5.63. The standard InChI is InChI=1S/C18H24N2O3S/c1-13-2-3-16(24-13)20-12-18(10-15(20)21)6-7-19(11-18)17(22)14-4-8-23-9-5-14/h2-3,14H,4-12H2,1H3. The Morgan fingerprint density at radius 3 is 2.79 bits per heavy atom. The SMILES string of the molecule is Cc1ccc(N2CC3(CCN(C(=O)C4CCOCC4)C3)CC2=O)s1. The van der Waals surface area contributed by atoms with Crippen LogP contribution in [-0.4, -0.2) is 49.6 Å². The van der Waals surface area contributed by atoms with Crippen molar-refractivity contribution in [3.8, 4) is 0 Å². The van der Waals surface area contributed by atoms with E-state index < -0.39 is 0 Å². The fourth-order valence-electron chi connectivity index (χ4n) is 4.26. The van der Waals surface area contributed by atoms with E-state index in [0.717, 1.165) is 43.9 Å². The van der Waals surface area contributed by atoms with Crippen LogP contribution in [0, 0.1) is 18.3 Å². The molecular weight excluding hydrogens is 324 g/mol. The van der Waals surface area contributed by atoms with Gasteiger partial charge in [0.1, 0.15) is 0 Å². The van der Waals surface area contributed by atoms with Crippen molar-refractivity contribution < 1.29 is 14.3 Å². The topological polar surface area (TPSA) is 49.9 Å². The van der Waals surface area contributed by atoms with Crippen molar-refractivity contribution in [2.75, 3.05) is 37.7 Å². The number of thiophene rings is 1. The molecule has 0 radical (unpaired) electrons. The number of hydrogen-bond donors (Lipinski definition) is 0. The van der Waals surface area contributed by atoms with Crippen LogP contribution in [0.4, 0.5) is 5.00 Å². The highest BCUT2D eigenvalue weighted by molar-refractivity contribution is 7.16. The zero-order valence-electron chi connectivity index (χ0n) is 14.1. The number of rotatable bonds is 2. The third kappa shape index (κ3) is 2.86. The largest absolute Gasteiger partial charge is 0.381 e. The number of aryl methyl sites for hydroxylation is 1. The van der Waals surface area contributed by atoms with Gasteiger partial charge in [0.25, 0.3) is 0 Å². The molecule has 0 bridgehead atoms. The predicted molar refractivity (Wildman–Crippen MR) is 93.2 cm³/mol. The van der Waals surface area contributed by atoms with Crippen molar-refractivity contribution in [3.63, 3.8) is 0 Å². The average molecular weight is 348 g/mol. The fraction of sp³-hybridized carbons (Fsp3) is 0.667. The molecule has 130 valence electrons. The minimum absolute atomic E-state index is 0.0458. The van der Waals surface area contributed by atoms with Crippen LogP contribution in [0.15, 0.2) is 12.1 Å². The highest BCUT2D eigenvalue weighted by Crippen LogP contribution is 2.43. The first-order valence-corrected chi connectivity index (χ1v) is 9.61. The zero-order chi connectivity index (χ0) is 16.7. The number of hydrogen-bond acceptors (Lipinski definition) is 4. The molecule has 1 unspecified atom stereocenters. The Labute approximate surface area is 146 Å². The van der Waals surface area contributed by atoms with Crippen molar-refractivity contribution in [3.05, 3.63) is 17.0 Å². The molecule has 1 spiro atoms.